The average molecular weight is 355 g/mol. The molecule has 5 nitrogen and oxygen atoms in total. The Hall–Kier alpha value is -2.47. The normalized spacial score (nSPS) is 12.5. The third kappa shape index (κ3) is 3.49. The maximum atomic E-state index is 11.5. The highest BCUT2D eigenvalue weighted by atomic mass is 32.1. The molecule has 0 radical (unpaired) electrons. The molecule has 3 rings (SSSR count). The van der Waals surface area contributed by atoms with Gasteiger partial charge in [0.15, 0.2) is 0 Å². The van der Waals surface area contributed by atoms with Crippen LogP contribution in [0.4, 0.5) is 5.82 Å². The lowest BCUT2D eigenvalue weighted by Crippen LogP contribution is -2.34. The minimum absolute atomic E-state index is 0.0616. The van der Waals surface area contributed by atoms with Crippen molar-refractivity contribution >= 4 is 33.3 Å². The number of carbonyl (C=O) groups is 1. The fourth-order valence-electron chi connectivity index (χ4n) is 2.78. The number of thiophene rings is 1. The third-order valence-electron chi connectivity index (χ3n) is 4.27. The van der Waals surface area contributed by atoms with E-state index in [1.54, 1.807) is 0 Å². The average Bonchev–Trinajstić information content (AvgIpc) is 3.04. The first-order valence-electron chi connectivity index (χ1n) is 8.32. The Kier molecular flexibility index (Phi) is 4.99. The van der Waals surface area contributed by atoms with Crippen molar-refractivity contribution in [1.29, 1.82) is 0 Å². The van der Waals surface area contributed by atoms with E-state index >= 15 is 0 Å². The van der Waals surface area contributed by atoms with Crippen LogP contribution in [0.3, 0.4) is 0 Å². The Balaban J connectivity index is 2.08. The van der Waals surface area contributed by atoms with Gasteiger partial charge in [0, 0.05) is 10.9 Å². The second-order valence-electron chi connectivity index (χ2n) is 6.31. The van der Waals surface area contributed by atoms with E-state index in [9.17, 15) is 9.90 Å². The van der Waals surface area contributed by atoms with Crippen LogP contribution in [0.1, 0.15) is 26.3 Å². The standard InChI is InChI=1S/C19H21N3O2S/c1-4-12-5-7-13(8-6-12)14-9-25-18-15(14)17(20-10-21-18)22-16(11(2)3)19(23)24/h5-11,16H,4H2,1-3H3,(H,23,24)(H,20,21,22). The van der Waals surface area contributed by atoms with Gasteiger partial charge in [-0.05, 0) is 23.5 Å². The zero-order chi connectivity index (χ0) is 18.0. The third-order valence-corrected chi connectivity index (χ3v) is 5.15. The molecule has 0 bridgehead atoms. The summed E-state index contributed by atoms with van der Waals surface area (Å²) in [7, 11) is 0. The second-order valence-corrected chi connectivity index (χ2v) is 7.16. The van der Waals surface area contributed by atoms with Crippen molar-refractivity contribution < 1.29 is 9.90 Å². The summed E-state index contributed by atoms with van der Waals surface area (Å²) in [6, 6.07) is 7.71. The molecular weight excluding hydrogens is 334 g/mol. The van der Waals surface area contributed by atoms with Crippen LogP contribution in [-0.2, 0) is 11.2 Å². The van der Waals surface area contributed by atoms with Gasteiger partial charge in [-0.2, -0.15) is 0 Å². The van der Waals surface area contributed by atoms with E-state index < -0.39 is 12.0 Å². The van der Waals surface area contributed by atoms with Gasteiger partial charge >= 0.3 is 5.97 Å². The Morgan fingerprint density at radius 2 is 1.96 bits per heavy atom. The Morgan fingerprint density at radius 1 is 1.24 bits per heavy atom. The van der Waals surface area contributed by atoms with Gasteiger partial charge in [0.1, 0.15) is 23.0 Å². The summed E-state index contributed by atoms with van der Waals surface area (Å²) in [5.41, 5.74) is 3.39. The predicted molar refractivity (Wildman–Crippen MR) is 102 cm³/mol. The molecule has 0 aliphatic heterocycles. The number of aromatic nitrogens is 2. The van der Waals surface area contributed by atoms with E-state index in [4.69, 9.17) is 0 Å². The highest BCUT2D eigenvalue weighted by molar-refractivity contribution is 7.17. The first kappa shape index (κ1) is 17.4. The van der Waals surface area contributed by atoms with Crippen molar-refractivity contribution in [3.8, 4) is 11.1 Å². The van der Waals surface area contributed by atoms with Gasteiger partial charge in [0.2, 0.25) is 0 Å². The minimum Gasteiger partial charge on any atom is -0.480 e. The quantitative estimate of drug-likeness (QED) is 0.683. The van der Waals surface area contributed by atoms with Crippen molar-refractivity contribution in [3.05, 3.63) is 41.5 Å². The SMILES string of the molecule is CCc1ccc(-c2csc3ncnc(NC(C(=O)O)C(C)C)c23)cc1. The second kappa shape index (κ2) is 7.19. The first-order valence-corrected chi connectivity index (χ1v) is 9.20. The van der Waals surface area contributed by atoms with Gasteiger partial charge < -0.3 is 10.4 Å². The van der Waals surface area contributed by atoms with Gasteiger partial charge in [-0.25, -0.2) is 14.8 Å². The predicted octanol–water partition coefficient (Wildman–Crippen LogP) is 4.44. The monoisotopic (exact) mass is 355 g/mol. The van der Waals surface area contributed by atoms with Crippen molar-refractivity contribution in [1.82, 2.24) is 9.97 Å². The summed E-state index contributed by atoms with van der Waals surface area (Å²) in [5.74, 6) is -0.374. The molecule has 1 aromatic carbocycles. The molecule has 6 heteroatoms. The summed E-state index contributed by atoms with van der Waals surface area (Å²) in [6.07, 6.45) is 2.47. The Morgan fingerprint density at radius 3 is 2.56 bits per heavy atom. The number of rotatable bonds is 6. The van der Waals surface area contributed by atoms with E-state index in [2.05, 4.69) is 51.9 Å². The molecule has 2 aromatic heterocycles. The number of hydrogen-bond acceptors (Lipinski definition) is 5. The molecule has 3 aromatic rings. The van der Waals surface area contributed by atoms with Gasteiger partial charge in [0.25, 0.3) is 0 Å². The number of hydrogen-bond donors (Lipinski definition) is 2. The lowest BCUT2D eigenvalue weighted by molar-refractivity contribution is -0.138. The number of fused-ring (bicyclic) bond motifs is 1. The summed E-state index contributed by atoms with van der Waals surface area (Å²) in [6.45, 7) is 5.88. The molecule has 2 heterocycles. The van der Waals surface area contributed by atoms with Gasteiger partial charge in [-0.3, -0.25) is 0 Å². The topological polar surface area (TPSA) is 75.1 Å². The van der Waals surface area contributed by atoms with Crippen LogP contribution in [0, 0.1) is 5.92 Å². The Bertz CT molecular complexity index is 887. The smallest absolute Gasteiger partial charge is 0.326 e. The number of aryl methyl sites for hydroxylation is 1. The van der Waals surface area contributed by atoms with Gasteiger partial charge in [0.05, 0.1) is 5.39 Å². The van der Waals surface area contributed by atoms with Crippen molar-refractivity contribution in [2.24, 2.45) is 5.92 Å². The number of carboxylic acid groups (broad SMARTS) is 1. The van der Waals surface area contributed by atoms with Crippen LogP contribution in [0.25, 0.3) is 21.3 Å². The fourth-order valence-corrected chi connectivity index (χ4v) is 3.69. The van der Waals surface area contributed by atoms with Crippen LogP contribution < -0.4 is 5.32 Å². The van der Waals surface area contributed by atoms with Gasteiger partial charge in [-0.15, -0.1) is 11.3 Å². The van der Waals surface area contributed by atoms with E-state index in [0.29, 0.717) is 5.82 Å². The van der Waals surface area contributed by atoms with E-state index in [0.717, 1.165) is 27.8 Å². The zero-order valence-corrected chi connectivity index (χ0v) is 15.3. The van der Waals surface area contributed by atoms with E-state index in [1.807, 2.05) is 13.8 Å². The summed E-state index contributed by atoms with van der Waals surface area (Å²) in [4.78, 5) is 21.1. The zero-order valence-electron chi connectivity index (χ0n) is 14.5. The van der Waals surface area contributed by atoms with E-state index in [1.165, 1.54) is 23.2 Å². The molecule has 0 fully saturated rings. The summed E-state index contributed by atoms with van der Waals surface area (Å²) >= 11 is 1.54. The molecule has 130 valence electrons. The number of anilines is 1. The van der Waals surface area contributed by atoms with Crippen LogP contribution in [0.15, 0.2) is 36.0 Å². The lowest BCUT2D eigenvalue weighted by atomic mass is 10.0. The molecule has 0 spiro atoms. The molecule has 1 unspecified atom stereocenters. The minimum atomic E-state index is -0.883. The maximum Gasteiger partial charge on any atom is 0.326 e. The molecule has 0 saturated carbocycles. The highest BCUT2D eigenvalue weighted by Gasteiger charge is 2.23. The molecule has 0 amide bonds. The number of nitrogens with zero attached hydrogens (tertiary/aromatic N) is 2. The molecule has 0 saturated heterocycles. The van der Waals surface area contributed by atoms with Crippen molar-refractivity contribution in [2.75, 3.05) is 5.32 Å². The van der Waals surface area contributed by atoms with Gasteiger partial charge in [-0.1, -0.05) is 45.0 Å². The first-order chi connectivity index (χ1) is 12.0. The van der Waals surface area contributed by atoms with Crippen LogP contribution in [0.2, 0.25) is 0 Å². The summed E-state index contributed by atoms with van der Waals surface area (Å²) in [5, 5.41) is 15.5. The Labute approximate surface area is 150 Å². The maximum absolute atomic E-state index is 11.5. The van der Waals surface area contributed by atoms with E-state index in [-0.39, 0.29) is 5.92 Å². The van der Waals surface area contributed by atoms with Crippen molar-refractivity contribution in [3.63, 3.8) is 0 Å². The molecule has 1 atom stereocenters. The van der Waals surface area contributed by atoms with Crippen molar-refractivity contribution in [2.45, 2.75) is 33.2 Å². The molecule has 0 aliphatic rings. The highest BCUT2D eigenvalue weighted by Crippen LogP contribution is 2.37. The van der Waals surface area contributed by atoms with Crippen LogP contribution in [0.5, 0.6) is 0 Å². The van der Waals surface area contributed by atoms with Crippen LogP contribution in [-0.4, -0.2) is 27.1 Å². The fraction of sp³-hybridized carbons (Fsp3) is 0.316. The molecular formula is C19H21N3O2S. The number of carboxylic acids is 1. The summed E-state index contributed by atoms with van der Waals surface area (Å²) < 4.78 is 0. The number of aliphatic carboxylic acids is 1. The number of nitrogens with one attached hydrogen (secondary N) is 1. The molecule has 25 heavy (non-hydrogen) atoms. The molecule has 0 aliphatic carbocycles. The largest absolute Gasteiger partial charge is 0.480 e. The lowest BCUT2D eigenvalue weighted by Gasteiger charge is -2.19. The number of benzene rings is 1. The van der Waals surface area contributed by atoms with Crippen LogP contribution >= 0.6 is 11.3 Å². The molecule has 2 N–H and O–H groups in total.